The molecule has 2 aromatic carbocycles. The van der Waals surface area contributed by atoms with Crippen molar-refractivity contribution in [3.05, 3.63) is 71.5 Å². The molecule has 1 N–H and O–H groups in total. The molecule has 0 unspecified atom stereocenters. The van der Waals surface area contributed by atoms with E-state index < -0.39 is 0 Å². The molecule has 116 valence electrons. The molecule has 3 heteroatoms. The van der Waals surface area contributed by atoms with E-state index in [-0.39, 0.29) is 17.8 Å². The fourth-order valence-electron chi connectivity index (χ4n) is 2.36. The van der Waals surface area contributed by atoms with E-state index in [0.29, 0.717) is 12.8 Å². The Hall–Kier alpha value is -2.16. The van der Waals surface area contributed by atoms with Crippen LogP contribution in [-0.2, 0) is 17.6 Å². The van der Waals surface area contributed by atoms with Gasteiger partial charge >= 0.3 is 0 Å². The lowest BCUT2D eigenvalue weighted by Gasteiger charge is -2.14. The van der Waals surface area contributed by atoms with Crippen molar-refractivity contribution in [3.8, 4) is 0 Å². The molecule has 0 aliphatic heterocycles. The maximum Gasteiger partial charge on any atom is 0.220 e. The molecule has 0 fully saturated rings. The highest BCUT2D eigenvalue weighted by molar-refractivity contribution is 5.76. The molecule has 2 nitrogen and oxygen atoms in total. The summed E-state index contributed by atoms with van der Waals surface area (Å²) >= 11 is 0. The first-order valence-corrected chi connectivity index (χ1v) is 7.71. The van der Waals surface area contributed by atoms with Gasteiger partial charge in [-0.2, -0.15) is 0 Å². The van der Waals surface area contributed by atoms with Crippen LogP contribution in [0.15, 0.2) is 54.6 Å². The number of carbonyl (C=O) groups is 1. The van der Waals surface area contributed by atoms with Gasteiger partial charge in [0.2, 0.25) is 5.91 Å². The highest BCUT2D eigenvalue weighted by atomic mass is 19.1. The number of nitrogens with one attached hydrogen (secondary N) is 1. The Morgan fingerprint density at radius 3 is 2.32 bits per heavy atom. The molecule has 2 rings (SSSR count). The molecule has 2 aromatic rings. The molecule has 0 aliphatic carbocycles. The number of hydrogen-bond donors (Lipinski definition) is 1. The van der Waals surface area contributed by atoms with Gasteiger partial charge in [-0.25, -0.2) is 4.39 Å². The molecule has 0 saturated heterocycles. The van der Waals surface area contributed by atoms with Gasteiger partial charge in [0.05, 0.1) is 0 Å². The van der Waals surface area contributed by atoms with E-state index in [9.17, 15) is 9.18 Å². The van der Waals surface area contributed by atoms with Gasteiger partial charge in [0.1, 0.15) is 5.82 Å². The van der Waals surface area contributed by atoms with Gasteiger partial charge in [0, 0.05) is 12.5 Å². The molecule has 0 bridgehead atoms. The van der Waals surface area contributed by atoms with Crippen molar-refractivity contribution in [3.63, 3.8) is 0 Å². The van der Waals surface area contributed by atoms with Crippen molar-refractivity contribution in [2.75, 3.05) is 0 Å². The fraction of sp³-hybridized carbons (Fsp3) is 0.316. The van der Waals surface area contributed by atoms with Crippen LogP contribution in [0.5, 0.6) is 0 Å². The van der Waals surface area contributed by atoms with E-state index in [1.54, 1.807) is 12.1 Å². The van der Waals surface area contributed by atoms with Crippen molar-refractivity contribution in [1.82, 2.24) is 5.32 Å². The predicted molar refractivity (Wildman–Crippen MR) is 87.1 cm³/mol. The molecule has 0 aromatic heterocycles. The summed E-state index contributed by atoms with van der Waals surface area (Å²) in [6.45, 7) is 2.03. The average Bonchev–Trinajstić information content (AvgIpc) is 2.53. The lowest BCUT2D eigenvalue weighted by molar-refractivity contribution is -0.121. The van der Waals surface area contributed by atoms with Gasteiger partial charge in [-0.05, 0) is 49.4 Å². The normalized spacial score (nSPS) is 11.9. The summed E-state index contributed by atoms with van der Waals surface area (Å²) < 4.78 is 12.8. The number of carbonyl (C=O) groups excluding carboxylic acids is 1. The number of rotatable bonds is 7. The molecule has 1 amide bonds. The van der Waals surface area contributed by atoms with Crippen LogP contribution in [0.3, 0.4) is 0 Å². The Labute approximate surface area is 131 Å². The SMILES string of the molecule is C[C@H](CCc1ccccc1)NC(=O)CCc1ccc(F)cc1. The van der Waals surface area contributed by atoms with Crippen molar-refractivity contribution in [2.24, 2.45) is 0 Å². The molecule has 0 spiro atoms. The predicted octanol–water partition coefficient (Wildman–Crippen LogP) is 3.90. The summed E-state index contributed by atoms with van der Waals surface area (Å²) in [5.74, 6) is -0.201. The van der Waals surface area contributed by atoms with E-state index in [1.807, 2.05) is 25.1 Å². The smallest absolute Gasteiger partial charge is 0.220 e. The summed E-state index contributed by atoms with van der Waals surface area (Å²) in [6, 6.07) is 16.7. The largest absolute Gasteiger partial charge is 0.354 e. The van der Waals surface area contributed by atoms with Crippen LogP contribution in [0.2, 0.25) is 0 Å². The van der Waals surface area contributed by atoms with Gasteiger partial charge in [0.25, 0.3) is 0 Å². The third kappa shape index (κ3) is 5.68. The summed E-state index contributed by atoms with van der Waals surface area (Å²) in [7, 11) is 0. The van der Waals surface area contributed by atoms with Crippen molar-refractivity contribution < 1.29 is 9.18 Å². The second-order valence-electron chi connectivity index (χ2n) is 5.62. The first-order chi connectivity index (χ1) is 10.6. The van der Waals surface area contributed by atoms with Crippen LogP contribution in [-0.4, -0.2) is 11.9 Å². The molecule has 0 radical (unpaired) electrons. The summed E-state index contributed by atoms with van der Waals surface area (Å²) in [6.07, 6.45) is 2.95. The standard InChI is InChI=1S/C19H22FNO/c1-15(7-8-16-5-3-2-4-6-16)21-19(22)14-11-17-9-12-18(20)13-10-17/h2-6,9-10,12-13,15H,7-8,11,14H2,1H3,(H,21,22)/t15-/m1/s1. The maximum absolute atomic E-state index is 12.8. The Morgan fingerprint density at radius 1 is 1.00 bits per heavy atom. The van der Waals surface area contributed by atoms with Crippen LogP contribution in [0.4, 0.5) is 4.39 Å². The van der Waals surface area contributed by atoms with Crippen LogP contribution in [0, 0.1) is 5.82 Å². The van der Waals surface area contributed by atoms with Gasteiger partial charge in [-0.1, -0.05) is 42.5 Å². The van der Waals surface area contributed by atoms with Crippen molar-refractivity contribution >= 4 is 5.91 Å². The quantitative estimate of drug-likeness (QED) is 0.825. The highest BCUT2D eigenvalue weighted by Crippen LogP contribution is 2.07. The van der Waals surface area contributed by atoms with Gasteiger partial charge in [-0.15, -0.1) is 0 Å². The average molecular weight is 299 g/mol. The van der Waals surface area contributed by atoms with Crippen molar-refractivity contribution in [1.29, 1.82) is 0 Å². The molecule has 0 heterocycles. The van der Waals surface area contributed by atoms with Crippen LogP contribution in [0.25, 0.3) is 0 Å². The van der Waals surface area contributed by atoms with Crippen LogP contribution >= 0.6 is 0 Å². The number of hydrogen-bond acceptors (Lipinski definition) is 1. The molecular weight excluding hydrogens is 277 g/mol. The Bertz CT molecular complexity index is 580. The first-order valence-electron chi connectivity index (χ1n) is 7.71. The van der Waals surface area contributed by atoms with E-state index in [1.165, 1.54) is 17.7 Å². The van der Waals surface area contributed by atoms with Gasteiger partial charge in [0.15, 0.2) is 0 Å². The molecule has 1 atom stereocenters. The Kier molecular flexibility index (Phi) is 6.13. The number of benzene rings is 2. The zero-order valence-corrected chi connectivity index (χ0v) is 12.9. The topological polar surface area (TPSA) is 29.1 Å². The molecule has 0 saturated carbocycles. The summed E-state index contributed by atoms with van der Waals surface area (Å²) in [4.78, 5) is 11.9. The Balaban J connectivity index is 1.68. The third-order valence-electron chi connectivity index (χ3n) is 3.67. The van der Waals surface area contributed by atoms with E-state index in [2.05, 4.69) is 17.4 Å². The second kappa shape index (κ2) is 8.32. The number of amides is 1. The van der Waals surface area contributed by atoms with Crippen LogP contribution < -0.4 is 5.32 Å². The monoisotopic (exact) mass is 299 g/mol. The van der Waals surface area contributed by atoms with E-state index in [4.69, 9.17) is 0 Å². The zero-order valence-electron chi connectivity index (χ0n) is 12.9. The minimum atomic E-state index is -0.247. The minimum Gasteiger partial charge on any atom is -0.354 e. The highest BCUT2D eigenvalue weighted by Gasteiger charge is 2.08. The lowest BCUT2D eigenvalue weighted by atomic mass is 10.1. The molecule has 22 heavy (non-hydrogen) atoms. The summed E-state index contributed by atoms with van der Waals surface area (Å²) in [5.41, 5.74) is 2.27. The number of aryl methyl sites for hydroxylation is 2. The van der Waals surface area contributed by atoms with Crippen LogP contribution in [0.1, 0.15) is 30.9 Å². The van der Waals surface area contributed by atoms with E-state index >= 15 is 0 Å². The maximum atomic E-state index is 12.8. The third-order valence-corrected chi connectivity index (χ3v) is 3.67. The lowest BCUT2D eigenvalue weighted by Crippen LogP contribution is -2.33. The number of halogens is 1. The Morgan fingerprint density at radius 2 is 1.64 bits per heavy atom. The second-order valence-corrected chi connectivity index (χ2v) is 5.62. The minimum absolute atomic E-state index is 0.0462. The molecule has 0 aliphatic rings. The van der Waals surface area contributed by atoms with Gasteiger partial charge in [-0.3, -0.25) is 4.79 Å². The fourth-order valence-corrected chi connectivity index (χ4v) is 2.36. The van der Waals surface area contributed by atoms with Gasteiger partial charge < -0.3 is 5.32 Å². The zero-order chi connectivity index (χ0) is 15.8. The van der Waals surface area contributed by atoms with E-state index in [0.717, 1.165) is 18.4 Å². The first kappa shape index (κ1) is 16.2. The van der Waals surface area contributed by atoms with Crippen molar-refractivity contribution in [2.45, 2.75) is 38.6 Å². The molecular formula is C19H22FNO. The summed E-state index contributed by atoms with van der Waals surface area (Å²) in [5, 5.41) is 3.02.